The molecular formula is C29H30N4O2. The van der Waals surface area contributed by atoms with Crippen molar-refractivity contribution < 1.29 is 9.90 Å². The Morgan fingerprint density at radius 3 is 2.43 bits per heavy atom. The van der Waals surface area contributed by atoms with Crippen molar-refractivity contribution in [3.8, 4) is 17.0 Å². The highest BCUT2D eigenvalue weighted by Gasteiger charge is 2.25. The van der Waals surface area contributed by atoms with Crippen molar-refractivity contribution in [1.82, 2.24) is 20.5 Å². The van der Waals surface area contributed by atoms with Crippen molar-refractivity contribution in [2.75, 3.05) is 26.2 Å². The lowest BCUT2D eigenvalue weighted by Crippen LogP contribution is -2.43. The number of carbonyl (C=O) groups is 1. The predicted molar refractivity (Wildman–Crippen MR) is 139 cm³/mol. The molecule has 1 saturated heterocycles. The van der Waals surface area contributed by atoms with Crippen LogP contribution in [-0.2, 0) is 6.54 Å². The number of phenols is 1. The van der Waals surface area contributed by atoms with E-state index in [1.165, 1.54) is 0 Å². The Hall–Kier alpha value is -3.74. The van der Waals surface area contributed by atoms with E-state index >= 15 is 0 Å². The van der Waals surface area contributed by atoms with Crippen LogP contribution in [0.2, 0.25) is 0 Å². The summed E-state index contributed by atoms with van der Waals surface area (Å²) in [5, 5.41) is 17.1. The van der Waals surface area contributed by atoms with Gasteiger partial charge in [0.15, 0.2) is 0 Å². The third kappa shape index (κ3) is 5.04. The van der Waals surface area contributed by atoms with Crippen LogP contribution in [0.1, 0.15) is 34.5 Å². The molecule has 0 aliphatic carbocycles. The fraction of sp³-hybridized carbons (Fsp3) is 0.241. The van der Waals surface area contributed by atoms with E-state index in [-0.39, 0.29) is 17.7 Å². The molecule has 0 saturated carbocycles. The number of rotatable bonds is 6. The van der Waals surface area contributed by atoms with Gasteiger partial charge < -0.3 is 15.7 Å². The number of para-hydroxylation sites is 1. The van der Waals surface area contributed by atoms with Crippen LogP contribution in [0.5, 0.6) is 5.75 Å². The van der Waals surface area contributed by atoms with Crippen LogP contribution in [0.4, 0.5) is 0 Å². The minimum atomic E-state index is -0.220. The Morgan fingerprint density at radius 1 is 1.00 bits per heavy atom. The van der Waals surface area contributed by atoms with Gasteiger partial charge in [-0.3, -0.25) is 9.69 Å². The number of carbonyl (C=O) groups excluding carboxylic acids is 1. The average molecular weight is 467 g/mol. The zero-order valence-electron chi connectivity index (χ0n) is 19.9. The number of fused-ring (bicyclic) bond motifs is 1. The molecule has 1 aliphatic rings. The highest BCUT2D eigenvalue weighted by atomic mass is 16.3. The fourth-order valence-electron chi connectivity index (χ4n) is 4.71. The molecule has 2 heterocycles. The largest absolute Gasteiger partial charge is 0.508 e. The van der Waals surface area contributed by atoms with Gasteiger partial charge in [0.05, 0.1) is 22.8 Å². The molecule has 0 spiro atoms. The number of hydrogen-bond acceptors (Lipinski definition) is 5. The quantitative estimate of drug-likeness (QED) is 0.390. The summed E-state index contributed by atoms with van der Waals surface area (Å²) in [6.07, 6.45) is 0. The first-order valence-electron chi connectivity index (χ1n) is 12.1. The summed E-state index contributed by atoms with van der Waals surface area (Å²) in [4.78, 5) is 21.4. The summed E-state index contributed by atoms with van der Waals surface area (Å²) in [6, 6.07) is 24.7. The summed E-state index contributed by atoms with van der Waals surface area (Å²) in [5.41, 5.74) is 5.22. The Labute approximate surface area is 205 Å². The second-order valence-corrected chi connectivity index (χ2v) is 9.01. The molecule has 1 fully saturated rings. The van der Waals surface area contributed by atoms with E-state index in [1.54, 1.807) is 12.1 Å². The lowest BCUT2D eigenvalue weighted by Gasteiger charge is -2.29. The molecule has 35 heavy (non-hydrogen) atoms. The van der Waals surface area contributed by atoms with Crippen LogP contribution in [-0.4, -0.2) is 47.1 Å². The monoisotopic (exact) mass is 466 g/mol. The van der Waals surface area contributed by atoms with E-state index in [9.17, 15) is 9.90 Å². The Bertz CT molecular complexity index is 1320. The molecular weight excluding hydrogens is 436 g/mol. The molecule has 0 bridgehead atoms. The minimum absolute atomic E-state index is 0.119. The molecule has 1 atom stereocenters. The standard InChI is InChI=1S/C29H30N4O2/c1-20(21-11-13-23(34)14-12-21)31-29(35)27-24-9-5-6-10-26(24)32-28(22-7-3-2-4-8-22)25(27)19-33-17-15-30-16-18-33/h2-14,20,30,34H,15-19H2,1H3,(H,31,35)/t20-/m0/s1. The van der Waals surface area contributed by atoms with E-state index in [0.29, 0.717) is 12.1 Å². The number of nitrogens with zero attached hydrogens (tertiary/aromatic N) is 2. The van der Waals surface area contributed by atoms with Gasteiger partial charge in [0.25, 0.3) is 5.91 Å². The van der Waals surface area contributed by atoms with Crippen LogP contribution in [0.15, 0.2) is 78.9 Å². The van der Waals surface area contributed by atoms with Crippen molar-refractivity contribution in [3.05, 3.63) is 95.6 Å². The molecule has 178 valence electrons. The molecule has 3 N–H and O–H groups in total. The smallest absolute Gasteiger partial charge is 0.252 e. The lowest BCUT2D eigenvalue weighted by molar-refractivity contribution is 0.0939. The molecule has 1 aliphatic heterocycles. The van der Waals surface area contributed by atoms with Crippen LogP contribution in [0.25, 0.3) is 22.2 Å². The van der Waals surface area contributed by atoms with Gasteiger partial charge in [0.2, 0.25) is 0 Å². The number of phenolic OH excluding ortho intramolecular Hbond substituents is 1. The minimum Gasteiger partial charge on any atom is -0.508 e. The Morgan fingerprint density at radius 2 is 1.69 bits per heavy atom. The number of nitrogens with one attached hydrogen (secondary N) is 2. The Kier molecular flexibility index (Phi) is 6.75. The van der Waals surface area contributed by atoms with Crippen molar-refractivity contribution in [2.24, 2.45) is 0 Å². The summed E-state index contributed by atoms with van der Waals surface area (Å²) in [6.45, 7) is 6.32. The molecule has 6 nitrogen and oxygen atoms in total. The molecule has 0 unspecified atom stereocenters. The van der Waals surface area contributed by atoms with Crippen LogP contribution in [0.3, 0.4) is 0 Å². The van der Waals surface area contributed by atoms with Gasteiger partial charge in [-0.25, -0.2) is 4.98 Å². The first kappa shape index (κ1) is 23.0. The molecule has 1 aromatic heterocycles. The average Bonchev–Trinajstić information content (AvgIpc) is 2.89. The summed E-state index contributed by atoms with van der Waals surface area (Å²) < 4.78 is 0. The number of aromatic nitrogens is 1. The van der Waals surface area contributed by atoms with E-state index in [1.807, 2.05) is 61.5 Å². The van der Waals surface area contributed by atoms with Gasteiger partial charge in [-0.05, 0) is 30.7 Å². The second kappa shape index (κ2) is 10.3. The number of amides is 1. The van der Waals surface area contributed by atoms with Gasteiger partial charge in [-0.2, -0.15) is 0 Å². The highest BCUT2D eigenvalue weighted by molar-refractivity contribution is 6.09. The van der Waals surface area contributed by atoms with Crippen molar-refractivity contribution >= 4 is 16.8 Å². The van der Waals surface area contributed by atoms with Crippen LogP contribution >= 0.6 is 0 Å². The number of piperazine rings is 1. The normalized spacial score (nSPS) is 15.1. The first-order valence-corrected chi connectivity index (χ1v) is 12.1. The number of aromatic hydroxyl groups is 1. The van der Waals surface area contributed by atoms with Crippen LogP contribution < -0.4 is 10.6 Å². The molecule has 5 rings (SSSR count). The zero-order valence-corrected chi connectivity index (χ0v) is 19.9. The maximum absolute atomic E-state index is 13.9. The Balaban J connectivity index is 1.62. The lowest BCUT2D eigenvalue weighted by atomic mass is 9.95. The van der Waals surface area contributed by atoms with Gasteiger partial charge in [-0.1, -0.05) is 60.7 Å². The summed E-state index contributed by atoms with van der Waals surface area (Å²) in [7, 11) is 0. The van der Waals surface area contributed by atoms with Crippen molar-refractivity contribution in [2.45, 2.75) is 19.5 Å². The number of pyridine rings is 1. The van der Waals surface area contributed by atoms with Gasteiger partial charge >= 0.3 is 0 Å². The van der Waals surface area contributed by atoms with E-state index in [0.717, 1.165) is 59.5 Å². The highest BCUT2D eigenvalue weighted by Crippen LogP contribution is 2.32. The molecule has 1 amide bonds. The van der Waals surface area contributed by atoms with E-state index in [4.69, 9.17) is 4.98 Å². The first-order chi connectivity index (χ1) is 17.1. The van der Waals surface area contributed by atoms with Gasteiger partial charge in [-0.15, -0.1) is 0 Å². The molecule has 3 aromatic carbocycles. The summed E-state index contributed by atoms with van der Waals surface area (Å²) in [5.74, 6) is 0.0877. The fourth-order valence-corrected chi connectivity index (χ4v) is 4.71. The van der Waals surface area contributed by atoms with Crippen LogP contribution in [0, 0.1) is 0 Å². The number of benzene rings is 3. The third-order valence-corrected chi connectivity index (χ3v) is 6.60. The van der Waals surface area contributed by atoms with E-state index in [2.05, 4.69) is 27.7 Å². The van der Waals surface area contributed by atoms with Crippen molar-refractivity contribution in [1.29, 1.82) is 0 Å². The van der Waals surface area contributed by atoms with Gasteiger partial charge in [0, 0.05) is 49.2 Å². The maximum atomic E-state index is 13.9. The molecule has 0 radical (unpaired) electrons. The van der Waals surface area contributed by atoms with Crippen molar-refractivity contribution in [3.63, 3.8) is 0 Å². The topological polar surface area (TPSA) is 77.5 Å². The zero-order chi connectivity index (χ0) is 24.2. The number of hydrogen-bond donors (Lipinski definition) is 3. The predicted octanol–water partition coefficient (Wildman–Crippen LogP) is 4.50. The van der Waals surface area contributed by atoms with Gasteiger partial charge in [0.1, 0.15) is 5.75 Å². The maximum Gasteiger partial charge on any atom is 0.252 e. The second-order valence-electron chi connectivity index (χ2n) is 9.01. The SMILES string of the molecule is C[C@H](NC(=O)c1c(CN2CCNCC2)c(-c2ccccc2)nc2ccccc12)c1ccc(O)cc1. The van der Waals surface area contributed by atoms with E-state index < -0.39 is 0 Å². The third-order valence-electron chi connectivity index (χ3n) is 6.60. The molecule has 4 aromatic rings. The summed E-state index contributed by atoms with van der Waals surface area (Å²) >= 11 is 0. The molecule has 6 heteroatoms.